The molecule has 1 unspecified atom stereocenters. The second kappa shape index (κ2) is 4.27. The van der Waals surface area contributed by atoms with Gasteiger partial charge in [0.25, 0.3) is 0 Å². The maximum absolute atomic E-state index is 11.6. The minimum absolute atomic E-state index is 0.0346. The molecule has 2 heteroatoms. The third-order valence-corrected chi connectivity index (χ3v) is 3.19. The first kappa shape index (κ1) is 10.0. The Hall–Kier alpha value is -0.0400. The van der Waals surface area contributed by atoms with E-state index in [2.05, 4.69) is 6.92 Å². The van der Waals surface area contributed by atoms with Crippen LogP contribution in [-0.4, -0.2) is 11.7 Å². The van der Waals surface area contributed by atoms with Gasteiger partial charge in [-0.15, -0.1) is 11.6 Å². The molecule has 1 aliphatic rings. The van der Waals surface area contributed by atoms with Crippen LogP contribution < -0.4 is 0 Å². The molecule has 1 nitrogen and oxygen atoms in total. The summed E-state index contributed by atoms with van der Waals surface area (Å²) in [6.45, 7) is 2.10. The molecule has 0 radical (unpaired) electrons. The molecule has 0 bridgehead atoms. The highest BCUT2D eigenvalue weighted by molar-refractivity contribution is 6.17. The van der Waals surface area contributed by atoms with E-state index in [1.165, 1.54) is 6.42 Å². The molecule has 0 aromatic rings. The van der Waals surface area contributed by atoms with Crippen molar-refractivity contribution in [3.8, 4) is 0 Å². The number of ketones is 1. The third kappa shape index (κ3) is 2.22. The van der Waals surface area contributed by atoms with Crippen molar-refractivity contribution in [3.63, 3.8) is 0 Å². The second-order valence-electron chi connectivity index (χ2n) is 3.98. The van der Waals surface area contributed by atoms with Gasteiger partial charge in [0, 0.05) is 17.7 Å². The van der Waals surface area contributed by atoms with E-state index in [-0.39, 0.29) is 5.41 Å². The molecule has 0 heterocycles. The first-order valence-corrected chi connectivity index (χ1v) is 5.32. The van der Waals surface area contributed by atoms with E-state index in [0.717, 1.165) is 32.1 Å². The summed E-state index contributed by atoms with van der Waals surface area (Å²) in [6.07, 6.45) is 6.13. The molecule has 0 aromatic heterocycles. The molecule has 1 saturated carbocycles. The van der Waals surface area contributed by atoms with Gasteiger partial charge in [0.15, 0.2) is 0 Å². The van der Waals surface area contributed by atoms with E-state index in [0.29, 0.717) is 11.7 Å². The van der Waals surface area contributed by atoms with Gasteiger partial charge < -0.3 is 0 Å². The van der Waals surface area contributed by atoms with Gasteiger partial charge in [0.1, 0.15) is 5.78 Å². The molecule has 12 heavy (non-hydrogen) atoms. The Labute approximate surface area is 79.5 Å². The van der Waals surface area contributed by atoms with Crippen LogP contribution in [0.5, 0.6) is 0 Å². The molecule has 0 aromatic carbocycles. The second-order valence-corrected chi connectivity index (χ2v) is 4.36. The van der Waals surface area contributed by atoms with Gasteiger partial charge in [-0.25, -0.2) is 0 Å². The highest BCUT2D eigenvalue weighted by atomic mass is 35.5. The molecule has 0 aliphatic heterocycles. The van der Waals surface area contributed by atoms with Crippen molar-refractivity contribution < 1.29 is 4.79 Å². The topological polar surface area (TPSA) is 17.1 Å². The van der Waals surface area contributed by atoms with Crippen molar-refractivity contribution in [3.05, 3.63) is 0 Å². The zero-order valence-corrected chi connectivity index (χ0v) is 8.49. The van der Waals surface area contributed by atoms with Crippen molar-refractivity contribution in [2.45, 2.75) is 45.4 Å². The minimum Gasteiger partial charge on any atom is -0.299 e. The van der Waals surface area contributed by atoms with Crippen LogP contribution >= 0.6 is 11.6 Å². The molecule has 1 rings (SSSR count). The molecule has 0 N–H and O–H groups in total. The van der Waals surface area contributed by atoms with Crippen molar-refractivity contribution in [1.82, 2.24) is 0 Å². The highest BCUT2D eigenvalue weighted by Gasteiger charge is 2.33. The number of Topliss-reactive ketones (excluding diaryl/α,β-unsaturated/α-hetero) is 1. The van der Waals surface area contributed by atoms with Crippen LogP contribution in [0.1, 0.15) is 45.4 Å². The summed E-state index contributed by atoms with van der Waals surface area (Å²) >= 11 is 5.62. The zero-order valence-electron chi connectivity index (χ0n) is 7.74. The molecule has 0 spiro atoms. The Kier molecular flexibility index (Phi) is 3.57. The standard InChI is InChI=1S/C10H17ClO/c1-10(7-4-8-11)6-3-2-5-9(10)12/h2-8H2,1H3. The Morgan fingerprint density at radius 3 is 2.83 bits per heavy atom. The predicted molar refractivity (Wildman–Crippen MR) is 51.5 cm³/mol. The molecule has 0 saturated heterocycles. The minimum atomic E-state index is -0.0346. The molecular weight excluding hydrogens is 172 g/mol. The van der Waals surface area contributed by atoms with E-state index in [9.17, 15) is 4.79 Å². The SMILES string of the molecule is CC1(CCCCl)CCCCC1=O. The fraction of sp³-hybridized carbons (Fsp3) is 0.900. The number of hydrogen-bond donors (Lipinski definition) is 0. The van der Waals surface area contributed by atoms with Gasteiger partial charge in [0.2, 0.25) is 0 Å². The van der Waals surface area contributed by atoms with Crippen molar-refractivity contribution in [2.75, 3.05) is 5.88 Å². The quantitative estimate of drug-likeness (QED) is 0.622. The zero-order chi connectivity index (χ0) is 9.03. The Bertz CT molecular complexity index is 167. The van der Waals surface area contributed by atoms with Crippen molar-refractivity contribution >= 4 is 17.4 Å². The number of hydrogen-bond acceptors (Lipinski definition) is 1. The molecule has 0 amide bonds. The summed E-state index contributed by atoms with van der Waals surface area (Å²) in [5.74, 6) is 1.14. The van der Waals surface area contributed by atoms with Crippen molar-refractivity contribution in [2.24, 2.45) is 5.41 Å². The van der Waals surface area contributed by atoms with Crippen LogP contribution in [0.25, 0.3) is 0 Å². The van der Waals surface area contributed by atoms with E-state index in [1.54, 1.807) is 0 Å². The van der Waals surface area contributed by atoms with Gasteiger partial charge in [-0.1, -0.05) is 13.3 Å². The largest absolute Gasteiger partial charge is 0.299 e. The maximum Gasteiger partial charge on any atom is 0.138 e. The Balaban J connectivity index is 2.48. The lowest BCUT2D eigenvalue weighted by molar-refractivity contribution is -0.130. The van der Waals surface area contributed by atoms with Crippen LogP contribution in [0, 0.1) is 5.41 Å². The lowest BCUT2D eigenvalue weighted by Crippen LogP contribution is -2.31. The van der Waals surface area contributed by atoms with Crippen LogP contribution in [0.2, 0.25) is 0 Å². The summed E-state index contributed by atoms with van der Waals surface area (Å²) in [7, 11) is 0. The van der Waals surface area contributed by atoms with Gasteiger partial charge in [-0.05, 0) is 25.7 Å². The lowest BCUT2D eigenvalue weighted by Gasteiger charge is -2.31. The smallest absolute Gasteiger partial charge is 0.138 e. The number of halogens is 1. The average Bonchev–Trinajstić information content (AvgIpc) is 2.07. The van der Waals surface area contributed by atoms with Gasteiger partial charge in [0.05, 0.1) is 0 Å². The number of carbonyl (C=O) groups excluding carboxylic acids is 1. The van der Waals surface area contributed by atoms with Gasteiger partial charge in [-0.2, -0.15) is 0 Å². The average molecular weight is 189 g/mol. The van der Waals surface area contributed by atoms with Crippen LogP contribution in [0.3, 0.4) is 0 Å². The predicted octanol–water partition coefficient (Wildman–Crippen LogP) is 3.15. The number of rotatable bonds is 3. The van der Waals surface area contributed by atoms with Crippen molar-refractivity contribution in [1.29, 1.82) is 0 Å². The fourth-order valence-corrected chi connectivity index (χ4v) is 2.10. The third-order valence-electron chi connectivity index (χ3n) is 2.92. The highest BCUT2D eigenvalue weighted by Crippen LogP contribution is 2.36. The molecular formula is C10H17ClO. The van der Waals surface area contributed by atoms with E-state index >= 15 is 0 Å². The normalized spacial score (nSPS) is 30.7. The summed E-state index contributed by atoms with van der Waals surface area (Å²) in [4.78, 5) is 11.6. The molecule has 70 valence electrons. The lowest BCUT2D eigenvalue weighted by atomic mass is 9.72. The van der Waals surface area contributed by atoms with E-state index < -0.39 is 0 Å². The first-order chi connectivity index (χ1) is 5.69. The molecule has 1 atom stereocenters. The summed E-state index contributed by atoms with van der Waals surface area (Å²) in [5, 5.41) is 0. The Morgan fingerprint density at radius 2 is 2.25 bits per heavy atom. The fourth-order valence-electron chi connectivity index (χ4n) is 1.96. The van der Waals surface area contributed by atoms with Gasteiger partial charge >= 0.3 is 0 Å². The van der Waals surface area contributed by atoms with E-state index in [1.807, 2.05) is 0 Å². The number of carbonyl (C=O) groups is 1. The van der Waals surface area contributed by atoms with E-state index in [4.69, 9.17) is 11.6 Å². The summed E-state index contributed by atoms with van der Waals surface area (Å²) < 4.78 is 0. The number of alkyl halides is 1. The van der Waals surface area contributed by atoms with Crippen LogP contribution in [0.4, 0.5) is 0 Å². The summed E-state index contributed by atoms with van der Waals surface area (Å²) in [6, 6.07) is 0. The first-order valence-electron chi connectivity index (χ1n) is 4.78. The van der Waals surface area contributed by atoms with Crippen LogP contribution in [-0.2, 0) is 4.79 Å². The van der Waals surface area contributed by atoms with Crippen LogP contribution in [0.15, 0.2) is 0 Å². The molecule has 1 aliphatic carbocycles. The molecule has 1 fully saturated rings. The summed E-state index contributed by atoms with van der Waals surface area (Å²) in [5.41, 5.74) is -0.0346. The van der Waals surface area contributed by atoms with Gasteiger partial charge in [-0.3, -0.25) is 4.79 Å². The Morgan fingerprint density at radius 1 is 1.50 bits per heavy atom. The monoisotopic (exact) mass is 188 g/mol. The maximum atomic E-state index is 11.6.